The topological polar surface area (TPSA) is 69.4 Å². The van der Waals surface area contributed by atoms with Crippen molar-refractivity contribution < 1.29 is 4.74 Å². The van der Waals surface area contributed by atoms with Crippen LogP contribution in [-0.4, -0.2) is 19.6 Å². The quantitative estimate of drug-likeness (QED) is 0.616. The lowest BCUT2D eigenvalue weighted by atomic mass is 10.0. The van der Waals surface area contributed by atoms with Crippen LogP contribution >= 0.6 is 0 Å². The van der Waals surface area contributed by atoms with Gasteiger partial charge in [0.05, 0.1) is 31.3 Å². The fraction of sp³-hybridized carbons (Fsp3) is 0.333. The van der Waals surface area contributed by atoms with Crippen LogP contribution in [0.3, 0.4) is 0 Å². The number of hydrogen-bond donors (Lipinski definition) is 2. The maximum absolute atomic E-state index is 8.88. The summed E-state index contributed by atoms with van der Waals surface area (Å²) in [5.41, 5.74) is 4.00. The van der Waals surface area contributed by atoms with Crippen LogP contribution in [0.4, 0.5) is 0 Å². The molecule has 0 bridgehead atoms. The van der Waals surface area contributed by atoms with Gasteiger partial charge in [-0.05, 0) is 44.5 Å². The van der Waals surface area contributed by atoms with E-state index in [1.165, 1.54) is 5.56 Å². The largest absolute Gasteiger partial charge is 0.496 e. The van der Waals surface area contributed by atoms with Crippen molar-refractivity contribution >= 4 is 5.96 Å². The van der Waals surface area contributed by atoms with Gasteiger partial charge in [-0.3, -0.25) is 0 Å². The molecule has 2 aromatic carbocycles. The van der Waals surface area contributed by atoms with E-state index >= 15 is 0 Å². The van der Waals surface area contributed by atoms with Gasteiger partial charge in [-0.15, -0.1) is 0 Å². The molecule has 1 unspecified atom stereocenters. The molecule has 26 heavy (non-hydrogen) atoms. The SMILES string of the molecule is CCNC(=NCc1ccc(C#N)cc1)NC(C)c1cc(C)ccc1OC. The first kappa shape index (κ1) is 19.3. The van der Waals surface area contributed by atoms with Crippen LogP contribution in [0, 0.1) is 18.3 Å². The first-order valence-corrected chi connectivity index (χ1v) is 8.75. The monoisotopic (exact) mass is 350 g/mol. The molecule has 5 nitrogen and oxygen atoms in total. The van der Waals surface area contributed by atoms with Crippen LogP contribution in [0.15, 0.2) is 47.5 Å². The highest BCUT2D eigenvalue weighted by Gasteiger charge is 2.13. The van der Waals surface area contributed by atoms with Gasteiger partial charge in [-0.25, -0.2) is 4.99 Å². The second-order valence-corrected chi connectivity index (χ2v) is 6.12. The fourth-order valence-electron chi connectivity index (χ4n) is 2.65. The minimum atomic E-state index is 0.0450. The molecule has 136 valence electrons. The van der Waals surface area contributed by atoms with Crippen molar-refractivity contribution in [3.05, 3.63) is 64.7 Å². The van der Waals surface area contributed by atoms with Crippen LogP contribution in [-0.2, 0) is 6.54 Å². The third kappa shape index (κ3) is 5.25. The highest BCUT2D eigenvalue weighted by Crippen LogP contribution is 2.25. The summed E-state index contributed by atoms with van der Waals surface area (Å²) < 4.78 is 5.49. The molecule has 0 aromatic heterocycles. The van der Waals surface area contributed by atoms with E-state index in [4.69, 9.17) is 10.00 Å². The number of aryl methyl sites for hydroxylation is 1. The van der Waals surface area contributed by atoms with Gasteiger partial charge in [-0.2, -0.15) is 5.26 Å². The van der Waals surface area contributed by atoms with Gasteiger partial charge in [0.25, 0.3) is 0 Å². The van der Waals surface area contributed by atoms with E-state index in [9.17, 15) is 0 Å². The van der Waals surface area contributed by atoms with Crippen molar-refractivity contribution in [1.82, 2.24) is 10.6 Å². The zero-order valence-electron chi connectivity index (χ0n) is 15.8. The Hall–Kier alpha value is -3.00. The summed E-state index contributed by atoms with van der Waals surface area (Å²) in [4.78, 5) is 4.65. The van der Waals surface area contributed by atoms with Crippen LogP contribution in [0.5, 0.6) is 5.75 Å². The number of rotatable bonds is 6. The summed E-state index contributed by atoms with van der Waals surface area (Å²) in [6.07, 6.45) is 0. The molecule has 0 saturated heterocycles. The zero-order valence-corrected chi connectivity index (χ0v) is 15.8. The average molecular weight is 350 g/mol. The van der Waals surface area contributed by atoms with E-state index in [-0.39, 0.29) is 6.04 Å². The Balaban J connectivity index is 2.13. The predicted molar refractivity (Wildman–Crippen MR) is 105 cm³/mol. The van der Waals surface area contributed by atoms with E-state index in [0.717, 1.165) is 29.4 Å². The number of hydrogen-bond acceptors (Lipinski definition) is 3. The Kier molecular flexibility index (Phi) is 7.04. The van der Waals surface area contributed by atoms with E-state index in [0.29, 0.717) is 12.1 Å². The van der Waals surface area contributed by atoms with Gasteiger partial charge in [-0.1, -0.05) is 29.8 Å². The molecule has 5 heteroatoms. The van der Waals surface area contributed by atoms with Crippen LogP contribution in [0.25, 0.3) is 0 Å². The molecule has 2 rings (SSSR count). The molecule has 0 amide bonds. The van der Waals surface area contributed by atoms with Crippen molar-refractivity contribution in [3.8, 4) is 11.8 Å². The number of nitrogens with zero attached hydrogens (tertiary/aromatic N) is 2. The standard InChI is InChI=1S/C21H26N4O/c1-5-23-21(24-14-18-9-7-17(13-22)8-10-18)25-16(3)19-12-15(2)6-11-20(19)26-4/h6-12,16H,5,14H2,1-4H3,(H2,23,24,25). The van der Waals surface area contributed by atoms with Gasteiger partial charge < -0.3 is 15.4 Å². The number of aliphatic imine (C=N–C) groups is 1. The molecule has 0 aliphatic heterocycles. The third-order valence-corrected chi connectivity index (χ3v) is 4.05. The third-order valence-electron chi connectivity index (χ3n) is 4.05. The molecule has 0 radical (unpaired) electrons. The highest BCUT2D eigenvalue weighted by molar-refractivity contribution is 5.80. The number of guanidine groups is 1. The summed E-state index contributed by atoms with van der Waals surface area (Å²) in [6, 6.07) is 15.8. The molecule has 0 saturated carbocycles. The normalized spacial score (nSPS) is 12.2. The van der Waals surface area contributed by atoms with E-state index in [1.54, 1.807) is 7.11 Å². The van der Waals surface area contributed by atoms with Gasteiger partial charge >= 0.3 is 0 Å². The first-order chi connectivity index (χ1) is 12.6. The molecule has 0 spiro atoms. The number of benzene rings is 2. The molecular formula is C21H26N4O. The number of nitrogens with one attached hydrogen (secondary N) is 2. The van der Waals surface area contributed by atoms with Gasteiger partial charge in [0.15, 0.2) is 5.96 Å². The summed E-state index contributed by atoms with van der Waals surface area (Å²) in [5, 5.41) is 15.6. The van der Waals surface area contributed by atoms with Crippen LogP contribution < -0.4 is 15.4 Å². The second kappa shape index (κ2) is 9.47. The van der Waals surface area contributed by atoms with Crippen molar-refractivity contribution in [3.63, 3.8) is 0 Å². The lowest BCUT2D eigenvalue weighted by molar-refractivity contribution is 0.405. The predicted octanol–water partition coefficient (Wildman–Crippen LogP) is 3.69. The summed E-state index contributed by atoms with van der Waals surface area (Å²) in [7, 11) is 1.69. The smallest absolute Gasteiger partial charge is 0.192 e. The lowest BCUT2D eigenvalue weighted by Gasteiger charge is -2.20. The Bertz CT molecular complexity index is 791. The van der Waals surface area contributed by atoms with Crippen LogP contribution in [0.2, 0.25) is 0 Å². The molecule has 0 aliphatic carbocycles. The molecule has 2 N–H and O–H groups in total. The molecule has 0 heterocycles. The van der Waals surface area contributed by atoms with E-state index in [2.05, 4.69) is 41.6 Å². The summed E-state index contributed by atoms with van der Waals surface area (Å²) in [6.45, 7) is 7.51. The number of methoxy groups -OCH3 is 1. The first-order valence-electron chi connectivity index (χ1n) is 8.75. The minimum Gasteiger partial charge on any atom is -0.496 e. The van der Waals surface area contributed by atoms with Gasteiger partial charge in [0.1, 0.15) is 5.75 Å². The van der Waals surface area contributed by atoms with Crippen molar-refractivity contribution in [2.24, 2.45) is 4.99 Å². The maximum Gasteiger partial charge on any atom is 0.192 e. The van der Waals surface area contributed by atoms with Crippen LogP contribution in [0.1, 0.15) is 42.1 Å². The highest BCUT2D eigenvalue weighted by atomic mass is 16.5. The molecule has 1 atom stereocenters. The molecule has 0 aliphatic rings. The molecular weight excluding hydrogens is 324 g/mol. The molecule has 0 fully saturated rings. The van der Waals surface area contributed by atoms with E-state index < -0.39 is 0 Å². The maximum atomic E-state index is 8.88. The zero-order chi connectivity index (χ0) is 18.9. The number of nitriles is 1. The second-order valence-electron chi connectivity index (χ2n) is 6.12. The lowest BCUT2D eigenvalue weighted by Crippen LogP contribution is -2.38. The Morgan fingerprint density at radius 2 is 1.96 bits per heavy atom. The van der Waals surface area contributed by atoms with E-state index in [1.807, 2.05) is 43.3 Å². The Morgan fingerprint density at radius 1 is 1.23 bits per heavy atom. The van der Waals surface area contributed by atoms with Crippen molar-refractivity contribution in [2.75, 3.05) is 13.7 Å². The Labute approximate surface area is 155 Å². The van der Waals surface area contributed by atoms with Gasteiger partial charge in [0, 0.05) is 12.1 Å². The Morgan fingerprint density at radius 3 is 2.58 bits per heavy atom. The summed E-state index contributed by atoms with van der Waals surface area (Å²) in [5.74, 6) is 1.60. The van der Waals surface area contributed by atoms with Gasteiger partial charge in [0.2, 0.25) is 0 Å². The van der Waals surface area contributed by atoms with Crippen molar-refractivity contribution in [2.45, 2.75) is 33.4 Å². The fourth-order valence-corrected chi connectivity index (χ4v) is 2.65. The average Bonchev–Trinajstić information content (AvgIpc) is 2.66. The molecule has 2 aromatic rings. The summed E-state index contributed by atoms with van der Waals surface area (Å²) >= 11 is 0. The minimum absolute atomic E-state index is 0.0450. The number of ether oxygens (including phenoxy) is 1. The van der Waals surface area contributed by atoms with Crippen molar-refractivity contribution in [1.29, 1.82) is 5.26 Å².